The highest BCUT2D eigenvalue weighted by Crippen LogP contribution is 2.49. The Morgan fingerprint density at radius 2 is 2.39 bits per heavy atom. The molecular formula is C14H21NOS2. The molecule has 18 heavy (non-hydrogen) atoms. The Morgan fingerprint density at radius 3 is 2.89 bits per heavy atom. The highest BCUT2D eigenvalue weighted by atomic mass is 32.1. The van der Waals surface area contributed by atoms with Gasteiger partial charge in [0.1, 0.15) is 0 Å². The molecule has 1 aromatic heterocycles. The van der Waals surface area contributed by atoms with Crippen LogP contribution in [-0.4, -0.2) is 11.7 Å². The lowest BCUT2D eigenvalue weighted by molar-refractivity contribution is -0.122. The van der Waals surface area contributed by atoms with E-state index in [1.165, 1.54) is 4.88 Å². The Hall–Kier alpha value is -0.480. The first-order valence-electron chi connectivity index (χ1n) is 6.63. The van der Waals surface area contributed by atoms with E-state index in [0.29, 0.717) is 6.42 Å². The molecule has 1 amide bonds. The number of carbonyl (C=O) groups is 1. The van der Waals surface area contributed by atoms with Crippen LogP contribution in [0.4, 0.5) is 0 Å². The minimum absolute atomic E-state index is 0.188. The predicted octanol–water partition coefficient (Wildman–Crippen LogP) is 3.81. The summed E-state index contributed by atoms with van der Waals surface area (Å²) in [6.45, 7) is 2.16. The van der Waals surface area contributed by atoms with E-state index in [1.807, 2.05) is 6.07 Å². The first-order valence-corrected chi connectivity index (χ1v) is 8.14. The Labute approximate surface area is 119 Å². The number of hydrogen-bond acceptors (Lipinski definition) is 3. The number of thiol groups is 1. The summed E-state index contributed by atoms with van der Waals surface area (Å²) in [6, 6.07) is 4.35. The molecule has 0 aliphatic heterocycles. The second kappa shape index (κ2) is 6.11. The molecule has 1 aromatic rings. The fraction of sp³-hybridized carbons (Fsp3) is 0.643. The molecule has 1 atom stereocenters. The van der Waals surface area contributed by atoms with Crippen molar-refractivity contribution in [3.63, 3.8) is 0 Å². The largest absolute Gasteiger partial charge is 0.348 e. The number of nitrogens with one attached hydrogen (secondary N) is 1. The van der Waals surface area contributed by atoms with Crippen LogP contribution < -0.4 is 5.32 Å². The van der Waals surface area contributed by atoms with E-state index in [4.69, 9.17) is 0 Å². The maximum absolute atomic E-state index is 12.1. The molecular weight excluding hydrogens is 262 g/mol. The van der Waals surface area contributed by atoms with Crippen molar-refractivity contribution in [3.8, 4) is 0 Å². The fourth-order valence-corrected chi connectivity index (χ4v) is 3.46. The first kappa shape index (κ1) is 13.9. The monoisotopic (exact) mass is 283 g/mol. The summed E-state index contributed by atoms with van der Waals surface area (Å²) < 4.78 is 0. The van der Waals surface area contributed by atoms with Crippen LogP contribution in [0.15, 0.2) is 17.5 Å². The molecule has 0 spiro atoms. The Morgan fingerprint density at radius 1 is 1.61 bits per heavy atom. The van der Waals surface area contributed by atoms with Gasteiger partial charge in [-0.25, -0.2) is 0 Å². The van der Waals surface area contributed by atoms with Crippen molar-refractivity contribution in [1.82, 2.24) is 5.32 Å². The molecule has 2 nitrogen and oxygen atoms in total. The van der Waals surface area contributed by atoms with Gasteiger partial charge in [0.05, 0.1) is 6.04 Å². The third-order valence-electron chi connectivity index (χ3n) is 3.63. The molecule has 0 bridgehead atoms. The lowest BCUT2D eigenvalue weighted by Gasteiger charge is -2.19. The number of rotatable bonds is 7. The first-order chi connectivity index (χ1) is 8.69. The van der Waals surface area contributed by atoms with Gasteiger partial charge in [-0.2, -0.15) is 12.6 Å². The van der Waals surface area contributed by atoms with Crippen molar-refractivity contribution in [1.29, 1.82) is 0 Å². The van der Waals surface area contributed by atoms with Crippen molar-refractivity contribution in [2.24, 2.45) is 5.41 Å². The van der Waals surface area contributed by atoms with Crippen LogP contribution in [0.2, 0.25) is 0 Å². The second-order valence-corrected chi connectivity index (χ2v) is 6.55. The summed E-state index contributed by atoms with van der Waals surface area (Å²) in [6.07, 6.45) is 5.05. The van der Waals surface area contributed by atoms with Gasteiger partial charge in [-0.3, -0.25) is 4.79 Å². The molecule has 4 heteroatoms. The molecule has 1 unspecified atom stereocenters. The SMILES string of the molecule is CCCC(NC(=O)CC1(CS)CC1)c1cccs1. The van der Waals surface area contributed by atoms with E-state index in [9.17, 15) is 4.79 Å². The fourth-order valence-electron chi connectivity index (χ4n) is 2.22. The maximum Gasteiger partial charge on any atom is 0.221 e. The van der Waals surface area contributed by atoms with Gasteiger partial charge in [-0.1, -0.05) is 19.4 Å². The molecule has 1 fully saturated rings. The summed E-state index contributed by atoms with van der Waals surface area (Å²) in [7, 11) is 0. The third-order valence-corrected chi connectivity index (χ3v) is 5.28. The van der Waals surface area contributed by atoms with E-state index in [-0.39, 0.29) is 17.4 Å². The lowest BCUT2D eigenvalue weighted by Crippen LogP contribution is -2.30. The lowest BCUT2D eigenvalue weighted by atomic mass is 10.0. The molecule has 0 aromatic carbocycles. The summed E-state index contributed by atoms with van der Waals surface area (Å²) in [5, 5.41) is 5.26. The van der Waals surface area contributed by atoms with Crippen LogP contribution in [0.1, 0.15) is 49.9 Å². The van der Waals surface area contributed by atoms with Gasteiger partial charge < -0.3 is 5.32 Å². The van der Waals surface area contributed by atoms with E-state index in [1.54, 1.807) is 11.3 Å². The molecule has 1 heterocycles. The van der Waals surface area contributed by atoms with Gasteiger partial charge in [-0.15, -0.1) is 11.3 Å². The summed E-state index contributed by atoms with van der Waals surface area (Å²) in [5.74, 6) is 1.02. The topological polar surface area (TPSA) is 29.1 Å². The highest BCUT2D eigenvalue weighted by Gasteiger charge is 2.43. The third kappa shape index (κ3) is 3.51. The van der Waals surface area contributed by atoms with Crippen LogP contribution in [0, 0.1) is 5.41 Å². The van der Waals surface area contributed by atoms with Crippen LogP contribution in [0.3, 0.4) is 0 Å². The Balaban J connectivity index is 1.90. The van der Waals surface area contributed by atoms with Gasteiger partial charge in [0.15, 0.2) is 0 Å². The van der Waals surface area contributed by atoms with Gasteiger partial charge in [0.25, 0.3) is 0 Å². The normalized spacial score (nSPS) is 18.3. The minimum Gasteiger partial charge on any atom is -0.348 e. The van der Waals surface area contributed by atoms with Crippen LogP contribution in [0.5, 0.6) is 0 Å². The quantitative estimate of drug-likeness (QED) is 0.732. The predicted molar refractivity (Wildman–Crippen MR) is 80.2 cm³/mol. The minimum atomic E-state index is 0.188. The second-order valence-electron chi connectivity index (χ2n) is 5.26. The number of thiophene rings is 1. The summed E-state index contributed by atoms with van der Waals surface area (Å²) in [5.41, 5.74) is 0.208. The molecule has 0 saturated heterocycles. The van der Waals surface area contributed by atoms with Crippen LogP contribution in [0.25, 0.3) is 0 Å². The van der Waals surface area contributed by atoms with E-state index in [0.717, 1.165) is 31.4 Å². The van der Waals surface area contributed by atoms with Gasteiger partial charge in [-0.05, 0) is 41.9 Å². The Bertz CT molecular complexity index is 385. The zero-order chi connectivity index (χ0) is 13.0. The maximum atomic E-state index is 12.1. The van der Waals surface area contributed by atoms with Crippen molar-refractivity contribution < 1.29 is 4.79 Å². The zero-order valence-electron chi connectivity index (χ0n) is 10.8. The van der Waals surface area contributed by atoms with Gasteiger partial charge in [0.2, 0.25) is 5.91 Å². The van der Waals surface area contributed by atoms with Gasteiger partial charge >= 0.3 is 0 Å². The molecule has 1 N–H and O–H groups in total. The molecule has 1 aliphatic carbocycles. The van der Waals surface area contributed by atoms with Crippen molar-refractivity contribution in [2.75, 3.05) is 5.75 Å². The number of hydrogen-bond donors (Lipinski definition) is 2. The molecule has 1 saturated carbocycles. The summed E-state index contributed by atoms with van der Waals surface area (Å²) >= 11 is 6.07. The van der Waals surface area contributed by atoms with E-state index in [2.05, 4.69) is 36.3 Å². The van der Waals surface area contributed by atoms with Crippen molar-refractivity contribution in [3.05, 3.63) is 22.4 Å². The zero-order valence-corrected chi connectivity index (χ0v) is 12.5. The van der Waals surface area contributed by atoms with Crippen molar-refractivity contribution in [2.45, 2.75) is 45.1 Å². The standard InChI is InChI=1S/C14H21NOS2/c1-2-4-11(12-5-3-8-18-12)15-13(16)9-14(10-17)6-7-14/h3,5,8,11,17H,2,4,6-7,9-10H2,1H3,(H,15,16). The Kier molecular flexibility index (Phi) is 4.73. The average Bonchev–Trinajstić information content (AvgIpc) is 2.92. The van der Waals surface area contributed by atoms with Crippen LogP contribution >= 0.6 is 24.0 Å². The van der Waals surface area contributed by atoms with Gasteiger partial charge in [0, 0.05) is 11.3 Å². The van der Waals surface area contributed by atoms with E-state index >= 15 is 0 Å². The van der Waals surface area contributed by atoms with Crippen molar-refractivity contribution >= 4 is 29.9 Å². The van der Waals surface area contributed by atoms with E-state index < -0.39 is 0 Å². The van der Waals surface area contributed by atoms with Crippen LogP contribution in [-0.2, 0) is 4.79 Å². The molecule has 2 rings (SSSR count). The average molecular weight is 283 g/mol. The smallest absolute Gasteiger partial charge is 0.221 e. The molecule has 100 valence electrons. The molecule has 0 radical (unpaired) electrons. The molecule has 1 aliphatic rings. The number of amides is 1. The number of carbonyl (C=O) groups excluding carboxylic acids is 1. The highest BCUT2D eigenvalue weighted by molar-refractivity contribution is 7.80. The summed E-state index contributed by atoms with van der Waals surface area (Å²) in [4.78, 5) is 13.4.